The molecular formula is C32H33N7O4. The highest BCUT2D eigenvalue weighted by atomic mass is 16.5. The second kappa shape index (κ2) is 11.7. The number of ether oxygens (including phenoxy) is 1. The molecule has 5 aromatic rings. The highest BCUT2D eigenvalue weighted by Crippen LogP contribution is 2.27. The number of benzene rings is 2. The molecule has 0 spiro atoms. The number of pyridine rings is 1. The number of para-hydroxylation sites is 1. The first kappa shape index (κ1) is 28.2. The summed E-state index contributed by atoms with van der Waals surface area (Å²) in [5.41, 5.74) is 6.71. The number of aromatic nitrogens is 5. The summed E-state index contributed by atoms with van der Waals surface area (Å²) in [7, 11) is 0. The maximum Gasteiger partial charge on any atom is 0.333 e. The molecule has 6 rings (SSSR count). The zero-order valence-electron chi connectivity index (χ0n) is 24.2. The largest absolute Gasteiger partial charge is 0.465 e. The van der Waals surface area contributed by atoms with Gasteiger partial charge in [-0.25, -0.2) is 4.79 Å². The van der Waals surface area contributed by atoms with Crippen molar-refractivity contribution < 1.29 is 9.53 Å². The Balaban J connectivity index is 1.62. The maximum atomic E-state index is 14.3. The summed E-state index contributed by atoms with van der Waals surface area (Å²) in [6, 6.07) is 15.5. The Hall–Kier alpha value is -4.95. The number of carbonyl (C=O) groups excluding carboxylic acids is 1. The van der Waals surface area contributed by atoms with Crippen molar-refractivity contribution in [1.82, 2.24) is 23.7 Å². The van der Waals surface area contributed by atoms with Crippen LogP contribution in [0.2, 0.25) is 0 Å². The van der Waals surface area contributed by atoms with Gasteiger partial charge < -0.3 is 15.4 Å². The predicted octanol–water partition coefficient (Wildman–Crippen LogP) is 2.62. The number of esters is 1. The molecule has 0 saturated carbocycles. The Labute approximate surface area is 247 Å². The maximum absolute atomic E-state index is 14.3. The lowest BCUT2D eigenvalue weighted by Gasteiger charge is -2.31. The van der Waals surface area contributed by atoms with Crippen LogP contribution in [-0.2, 0) is 29.2 Å². The molecule has 0 amide bonds. The number of nitrogens with zero attached hydrogens (tertiary/aromatic N) is 6. The molecule has 2 N–H and O–H groups in total. The first-order chi connectivity index (χ1) is 20.9. The number of hydrogen-bond acceptors (Lipinski definition) is 8. The molecule has 1 saturated heterocycles. The van der Waals surface area contributed by atoms with Crippen molar-refractivity contribution in [2.24, 2.45) is 5.73 Å². The minimum Gasteiger partial charge on any atom is -0.465 e. The number of anilines is 1. The van der Waals surface area contributed by atoms with E-state index in [-0.39, 0.29) is 36.9 Å². The van der Waals surface area contributed by atoms with Gasteiger partial charge in [-0.1, -0.05) is 48.4 Å². The van der Waals surface area contributed by atoms with Gasteiger partial charge in [-0.15, -0.1) is 5.92 Å². The first-order valence-electron chi connectivity index (χ1n) is 14.5. The van der Waals surface area contributed by atoms with Crippen LogP contribution in [0, 0.1) is 11.8 Å². The van der Waals surface area contributed by atoms with Crippen LogP contribution < -0.4 is 21.9 Å². The highest BCUT2D eigenvalue weighted by molar-refractivity contribution is 6.06. The van der Waals surface area contributed by atoms with E-state index in [1.807, 2.05) is 53.4 Å². The summed E-state index contributed by atoms with van der Waals surface area (Å²) in [4.78, 5) is 52.8. The van der Waals surface area contributed by atoms with Crippen LogP contribution in [0.4, 0.5) is 5.95 Å². The lowest BCUT2D eigenvalue weighted by atomic mass is 10.0. The van der Waals surface area contributed by atoms with Gasteiger partial charge >= 0.3 is 11.7 Å². The molecule has 0 radical (unpaired) electrons. The van der Waals surface area contributed by atoms with Crippen molar-refractivity contribution >= 4 is 44.8 Å². The summed E-state index contributed by atoms with van der Waals surface area (Å²) in [6.45, 7) is 4.50. The zero-order chi connectivity index (χ0) is 30.1. The number of piperidine rings is 1. The number of hydrogen-bond donors (Lipinski definition) is 1. The van der Waals surface area contributed by atoms with E-state index in [1.54, 1.807) is 18.4 Å². The standard InChI is InChI=1S/C32H33N7O4/c1-3-5-17-37-28-29(35-31(37)36-16-10-11-21(33)18-36)38(20-27(40)43-4-2)32(42)39(30(28)41)19-26-24-14-7-6-12-22(24)23-13-8-9-15-25(23)34-26/h6-9,12-15,21H,4,10-11,16-20,33H2,1-2H3. The molecular weight excluding hydrogens is 546 g/mol. The molecule has 1 unspecified atom stereocenters. The van der Waals surface area contributed by atoms with Crippen LogP contribution in [-0.4, -0.2) is 55.4 Å². The Morgan fingerprint density at radius 1 is 1.02 bits per heavy atom. The number of fused-ring (bicyclic) bond motifs is 4. The Morgan fingerprint density at radius 2 is 1.77 bits per heavy atom. The van der Waals surface area contributed by atoms with E-state index >= 15 is 0 Å². The van der Waals surface area contributed by atoms with Gasteiger partial charge in [-0.05, 0) is 38.1 Å². The van der Waals surface area contributed by atoms with Crippen molar-refractivity contribution in [3.8, 4) is 11.8 Å². The summed E-state index contributed by atoms with van der Waals surface area (Å²) in [6.07, 6.45) is 1.75. The Morgan fingerprint density at radius 3 is 2.51 bits per heavy atom. The van der Waals surface area contributed by atoms with Gasteiger partial charge in [0.05, 0.1) is 30.9 Å². The molecule has 0 aliphatic carbocycles. The van der Waals surface area contributed by atoms with E-state index in [1.165, 1.54) is 4.57 Å². The lowest BCUT2D eigenvalue weighted by molar-refractivity contribution is -0.143. The third-order valence-corrected chi connectivity index (χ3v) is 7.84. The smallest absolute Gasteiger partial charge is 0.333 e. The van der Waals surface area contributed by atoms with Crippen molar-refractivity contribution in [3.05, 3.63) is 75.1 Å². The average molecular weight is 580 g/mol. The zero-order valence-corrected chi connectivity index (χ0v) is 24.2. The van der Waals surface area contributed by atoms with Gasteiger partial charge in [-0.3, -0.25) is 28.3 Å². The van der Waals surface area contributed by atoms with Gasteiger partial charge in [-0.2, -0.15) is 4.98 Å². The van der Waals surface area contributed by atoms with Crippen molar-refractivity contribution in [2.45, 2.75) is 52.4 Å². The third-order valence-electron chi connectivity index (χ3n) is 7.84. The Kier molecular flexibility index (Phi) is 7.69. The second-order valence-electron chi connectivity index (χ2n) is 10.6. The molecule has 2 aromatic carbocycles. The number of rotatable bonds is 7. The molecule has 0 bridgehead atoms. The van der Waals surface area contributed by atoms with Gasteiger partial charge in [0.1, 0.15) is 6.54 Å². The molecule has 11 nitrogen and oxygen atoms in total. The monoisotopic (exact) mass is 579 g/mol. The fourth-order valence-corrected chi connectivity index (χ4v) is 5.88. The van der Waals surface area contributed by atoms with Gasteiger partial charge in [0.25, 0.3) is 5.56 Å². The number of nitrogens with two attached hydrogens (primary N) is 1. The third kappa shape index (κ3) is 5.15. The highest BCUT2D eigenvalue weighted by Gasteiger charge is 2.28. The SMILES string of the molecule is CC#CCn1c(N2CCCC(N)C2)nc2c1c(=O)n(Cc1nc3ccccc3c3ccccc13)c(=O)n2CC(=O)OCC. The van der Waals surface area contributed by atoms with E-state index in [4.69, 9.17) is 20.4 Å². The van der Waals surface area contributed by atoms with E-state index in [0.717, 1.165) is 39.1 Å². The quantitative estimate of drug-likeness (QED) is 0.177. The average Bonchev–Trinajstić information content (AvgIpc) is 3.40. The van der Waals surface area contributed by atoms with Crippen LogP contribution >= 0.6 is 0 Å². The van der Waals surface area contributed by atoms with Crippen molar-refractivity contribution in [1.29, 1.82) is 0 Å². The van der Waals surface area contributed by atoms with Gasteiger partial charge in [0.2, 0.25) is 5.95 Å². The summed E-state index contributed by atoms with van der Waals surface area (Å²) >= 11 is 0. The molecule has 1 fully saturated rings. The first-order valence-corrected chi connectivity index (χ1v) is 14.5. The minimum absolute atomic E-state index is 0.0510. The molecule has 1 aliphatic rings. The summed E-state index contributed by atoms with van der Waals surface area (Å²) < 4.78 is 9.28. The Bertz CT molecular complexity index is 2050. The van der Waals surface area contributed by atoms with Gasteiger partial charge in [0, 0.05) is 29.9 Å². The predicted molar refractivity (Wildman–Crippen MR) is 166 cm³/mol. The van der Waals surface area contributed by atoms with Crippen LogP contribution in [0.3, 0.4) is 0 Å². The van der Waals surface area contributed by atoms with Crippen LogP contribution in [0.25, 0.3) is 32.8 Å². The fraction of sp³-hybridized carbons (Fsp3) is 0.344. The van der Waals surface area contributed by atoms with Crippen LogP contribution in [0.15, 0.2) is 58.1 Å². The number of imidazole rings is 1. The van der Waals surface area contributed by atoms with Gasteiger partial charge in [0.15, 0.2) is 11.2 Å². The molecule has 4 heterocycles. The fourth-order valence-electron chi connectivity index (χ4n) is 5.88. The minimum atomic E-state index is -0.669. The molecule has 1 aliphatic heterocycles. The van der Waals surface area contributed by atoms with Crippen molar-refractivity contribution in [3.63, 3.8) is 0 Å². The molecule has 3 aromatic heterocycles. The topological polar surface area (TPSA) is 130 Å². The second-order valence-corrected chi connectivity index (χ2v) is 10.6. The lowest BCUT2D eigenvalue weighted by Crippen LogP contribution is -2.44. The normalized spacial score (nSPS) is 15.1. The van der Waals surface area contributed by atoms with E-state index in [2.05, 4.69) is 11.8 Å². The summed E-state index contributed by atoms with van der Waals surface area (Å²) in [5, 5.41) is 2.78. The van der Waals surface area contributed by atoms with E-state index in [0.29, 0.717) is 24.7 Å². The van der Waals surface area contributed by atoms with E-state index < -0.39 is 23.8 Å². The summed E-state index contributed by atoms with van der Waals surface area (Å²) in [5.74, 6) is 5.83. The molecule has 43 heavy (non-hydrogen) atoms. The molecule has 1 atom stereocenters. The van der Waals surface area contributed by atoms with Crippen molar-refractivity contribution in [2.75, 3.05) is 24.6 Å². The van der Waals surface area contributed by atoms with E-state index in [9.17, 15) is 14.4 Å². The van der Waals surface area contributed by atoms with Crippen LogP contribution in [0.5, 0.6) is 0 Å². The molecule has 220 valence electrons. The van der Waals surface area contributed by atoms with Crippen LogP contribution in [0.1, 0.15) is 32.4 Å². The molecule has 11 heteroatoms. The number of carbonyl (C=O) groups is 1.